The highest BCUT2D eigenvalue weighted by Crippen LogP contribution is 2.35. The Morgan fingerprint density at radius 3 is 2.44 bits per heavy atom. The number of piperazine rings is 1. The largest absolute Gasteiger partial charge is 0.453 e. The Morgan fingerprint density at radius 2 is 1.89 bits per heavy atom. The van der Waals surface area contributed by atoms with Crippen LogP contribution in [-0.4, -0.2) is 43.3 Å². The van der Waals surface area contributed by atoms with Crippen LogP contribution in [0.2, 0.25) is 0 Å². The lowest BCUT2D eigenvalue weighted by atomic mass is 9.87. The predicted molar refractivity (Wildman–Crippen MR) is 69.5 cm³/mol. The fourth-order valence-corrected chi connectivity index (χ4v) is 2.91. The van der Waals surface area contributed by atoms with E-state index in [0.29, 0.717) is 0 Å². The second-order valence-corrected chi connectivity index (χ2v) is 4.92. The molecule has 1 aromatic rings. The second-order valence-electron chi connectivity index (χ2n) is 4.92. The number of amides is 1. The fourth-order valence-electron chi connectivity index (χ4n) is 2.91. The minimum atomic E-state index is -0.201. The van der Waals surface area contributed by atoms with Crippen LogP contribution in [0, 0.1) is 0 Å². The van der Waals surface area contributed by atoms with Gasteiger partial charge in [0.15, 0.2) is 0 Å². The number of nitrogen functional groups attached to an aromatic ring is 1. The summed E-state index contributed by atoms with van der Waals surface area (Å²) in [5, 5.41) is 0. The number of anilines is 2. The highest BCUT2D eigenvalue weighted by Gasteiger charge is 2.47. The van der Waals surface area contributed by atoms with E-state index >= 15 is 0 Å². The van der Waals surface area contributed by atoms with Gasteiger partial charge in [0.05, 0.1) is 19.2 Å². The van der Waals surface area contributed by atoms with Gasteiger partial charge in [-0.15, -0.1) is 0 Å². The maximum Gasteiger partial charge on any atom is 0.410 e. The summed E-state index contributed by atoms with van der Waals surface area (Å²) in [5.74, 6) is 0. The molecular weight excluding hydrogens is 230 g/mol. The summed E-state index contributed by atoms with van der Waals surface area (Å²) in [4.78, 5) is 15.7. The summed E-state index contributed by atoms with van der Waals surface area (Å²) in [5.41, 5.74) is 7.63. The molecule has 0 spiro atoms. The summed E-state index contributed by atoms with van der Waals surface area (Å²) in [6.45, 7) is 1.74. The van der Waals surface area contributed by atoms with Crippen molar-refractivity contribution >= 4 is 17.5 Å². The highest BCUT2D eigenvalue weighted by atomic mass is 16.5. The Labute approximate surface area is 106 Å². The van der Waals surface area contributed by atoms with E-state index in [1.165, 1.54) is 12.8 Å². The van der Waals surface area contributed by atoms with Crippen molar-refractivity contribution in [2.24, 2.45) is 0 Å². The molecule has 2 N–H and O–H groups in total. The number of hydrogen-bond donors (Lipinski definition) is 1. The molecule has 0 saturated carbocycles. The van der Waals surface area contributed by atoms with Crippen LogP contribution in [0.5, 0.6) is 0 Å². The molecule has 2 unspecified atom stereocenters. The third-order valence-corrected chi connectivity index (χ3v) is 3.84. The molecule has 1 amide bonds. The number of nitrogens with two attached hydrogens (primary N) is 1. The zero-order chi connectivity index (χ0) is 12.7. The van der Waals surface area contributed by atoms with Crippen LogP contribution in [0.4, 0.5) is 16.2 Å². The van der Waals surface area contributed by atoms with Crippen LogP contribution in [-0.2, 0) is 4.74 Å². The molecule has 0 aliphatic carbocycles. The standard InChI is InChI=1S/C13H17N3O2/c1-18-13(17)16-11-6-12(16)8-15(7-11)10-4-2-9(14)3-5-10/h2-5,11-12H,6-8,14H2,1H3. The molecule has 2 bridgehead atoms. The van der Waals surface area contributed by atoms with E-state index in [9.17, 15) is 4.79 Å². The van der Waals surface area contributed by atoms with E-state index in [2.05, 4.69) is 4.90 Å². The maximum atomic E-state index is 11.6. The van der Waals surface area contributed by atoms with E-state index in [1.807, 2.05) is 29.2 Å². The zero-order valence-corrected chi connectivity index (χ0v) is 10.4. The molecule has 1 aromatic carbocycles. The first-order chi connectivity index (χ1) is 8.69. The van der Waals surface area contributed by atoms with Crippen molar-refractivity contribution < 1.29 is 9.53 Å². The van der Waals surface area contributed by atoms with Crippen molar-refractivity contribution in [3.63, 3.8) is 0 Å². The minimum Gasteiger partial charge on any atom is -0.453 e. The summed E-state index contributed by atoms with van der Waals surface area (Å²) in [7, 11) is 1.44. The molecule has 96 valence electrons. The fraction of sp³-hybridized carbons (Fsp3) is 0.462. The third kappa shape index (κ3) is 1.66. The van der Waals surface area contributed by atoms with Gasteiger partial charge in [-0.1, -0.05) is 0 Å². The first-order valence-corrected chi connectivity index (χ1v) is 6.16. The van der Waals surface area contributed by atoms with Crippen LogP contribution >= 0.6 is 0 Å². The van der Waals surface area contributed by atoms with Gasteiger partial charge in [0.25, 0.3) is 0 Å². The molecule has 3 fully saturated rings. The van der Waals surface area contributed by atoms with Crippen molar-refractivity contribution in [1.29, 1.82) is 0 Å². The molecule has 5 nitrogen and oxygen atoms in total. The van der Waals surface area contributed by atoms with E-state index < -0.39 is 0 Å². The molecule has 3 saturated heterocycles. The average Bonchev–Trinajstić information content (AvgIpc) is 2.39. The number of fused-ring (bicyclic) bond motifs is 2. The third-order valence-electron chi connectivity index (χ3n) is 3.84. The normalized spacial score (nSPS) is 25.6. The summed E-state index contributed by atoms with van der Waals surface area (Å²) >= 11 is 0. The number of ether oxygens (including phenoxy) is 1. The lowest BCUT2D eigenvalue weighted by Gasteiger charge is -2.55. The van der Waals surface area contributed by atoms with Gasteiger partial charge in [0.1, 0.15) is 0 Å². The monoisotopic (exact) mass is 247 g/mol. The number of carbonyl (C=O) groups is 1. The Balaban J connectivity index is 1.70. The quantitative estimate of drug-likeness (QED) is 0.760. The highest BCUT2D eigenvalue weighted by molar-refractivity contribution is 5.70. The number of benzene rings is 1. The smallest absolute Gasteiger partial charge is 0.410 e. The second kappa shape index (κ2) is 4.08. The van der Waals surface area contributed by atoms with Crippen molar-refractivity contribution in [1.82, 2.24) is 4.90 Å². The first-order valence-electron chi connectivity index (χ1n) is 6.16. The van der Waals surface area contributed by atoms with E-state index in [4.69, 9.17) is 10.5 Å². The van der Waals surface area contributed by atoms with Gasteiger partial charge >= 0.3 is 6.09 Å². The summed E-state index contributed by atoms with van der Waals surface area (Å²) in [6, 6.07) is 8.45. The molecular formula is C13H17N3O2. The Bertz CT molecular complexity index is 448. The van der Waals surface area contributed by atoms with E-state index in [-0.39, 0.29) is 18.2 Å². The number of carbonyl (C=O) groups excluding carboxylic acids is 1. The van der Waals surface area contributed by atoms with Crippen LogP contribution in [0.25, 0.3) is 0 Å². The topological polar surface area (TPSA) is 58.8 Å². The molecule has 5 heteroatoms. The lowest BCUT2D eigenvalue weighted by molar-refractivity contribution is 0.00317. The number of nitrogens with zero attached hydrogens (tertiary/aromatic N) is 2. The molecule has 18 heavy (non-hydrogen) atoms. The number of methoxy groups -OCH3 is 1. The Kier molecular flexibility index (Phi) is 2.54. The van der Waals surface area contributed by atoms with Crippen molar-refractivity contribution in [2.75, 3.05) is 30.8 Å². The van der Waals surface area contributed by atoms with Gasteiger partial charge in [-0.2, -0.15) is 0 Å². The van der Waals surface area contributed by atoms with Crippen LogP contribution < -0.4 is 10.6 Å². The molecule has 4 rings (SSSR count). The van der Waals surface area contributed by atoms with Crippen molar-refractivity contribution in [3.8, 4) is 0 Å². The molecule has 0 radical (unpaired) electrons. The van der Waals surface area contributed by atoms with E-state index in [1.54, 1.807) is 0 Å². The van der Waals surface area contributed by atoms with Crippen molar-refractivity contribution in [2.45, 2.75) is 18.5 Å². The SMILES string of the molecule is COC(=O)N1C2CC1CN(c1ccc(N)cc1)C2. The predicted octanol–water partition coefficient (Wildman–Crippen LogP) is 1.30. The lowest BCUT2D eigenvalue weighted by Crippen LogP contribution is -2.70. The zero-order valence-electron chi connectivity index (χ0n) is 10.4. The summed E-state index contributed by atoms with van der Waals surface area (Å²) < 4.78 is 4.80. The van der Waals surface area contributed by atoms with Crippen LogP contribution in [0.3, 0.4) is 0 Å². The van der Waals surface area contributed by atoms with Gasteiger partial charge in [-0.25, -0.2) is 4.79 Å². The van der Waals surface area contributed by atoms with Crippen LogP contribution in [0.15, 0.2) is 24.3 Å². The van der Waals surface area contributed by atoms with Gasteiger partial charge < -0.3 is 15.4 Å². The Morgan fingerprint density at radius 1 is 1.28 bits per heavy atom. The van der Waals surface area contributed by atoms with Crippen LogP contribution in [0.1, 0.15) is 6.42 Å². The van der Waals surface area contributed by atoms with Gasteiger partial charge in [-0.3, -0.25) is 4.90 Å². The number of piperidine rings is 1. The first kappa shape index (κ1) is 11.2. The maximum absolute atomic E-state index is 11.6. The van der Waals surface area contributed by atoms with Gasteiger partial charge in [0, 0.05) is 24.5 Å². The molecule has 3 heterocycles. The minimum absolute atomic E-state index is 0.201. The number of hydrogen-bond acceptors (Lipinski definition) is 4. The molecule has 0 aromatic heterocycles. The average molecular weight is 247 g/mol. The molecule has 3 aliphatic rings. The Hall–Kier alpha value is -1.91. The number of rotatable bonds is 1. The molecule has 2 atom stereocenters. The summed E-state index contributed by atoms with van der Waals surface area (Å²) in [6.07, 6.45) is 0.883. The van der Waals surface area contributed by atoms with Crippen molar-refractivity contribution in [3.05, 3.63) is 24.3 Å². The van der Waals surface area contributed by atoms with E-state index in [0.717, 1.165) is 25.2 Å². The van der Waals surface area contributed by atoms with Gasteiger partial charge in [0.2, 0.25) is 0 Å². The molecule has 3 aliphatic heterocycles. The van der Waals surface area contributed by atoms with Gasteiger partial charge in [-0.05, 0) is 30.7 Å².